The first-order valence-electron chi connectivity index (χ1n) is 5.09. The molecule has 0 unspecified atom stereocenters. The molecule has 0 radical (unpaired) electrons. The quantitative estimate of drug-likeness (QED) is 0.616. The number of benzene rings is 1. The van der Waals surface area contributed by atoms with Crippen LogP contribution in [0.4, 0.5) is 0 Å². The Morgan fingerprint density at radius 3 is 2.79 bits per heavy atom. The molecule has 0 saturated carbocycles. The van der Waals surface area contributed by atoms with Gasteiger partial charge in [-0.1, -0.05) is 22.0 Å². The van der Waals surface area contributed by atoms with Gasteiger partial charge in [-0.3, -0.25) is 4.79 Å². The number of carbonyl (C=O) groups is 1. The Balaban J connectivity index is 2.84. The van der Waals surface area contributed by atoms with Gasteiger partial charge in [-0.15, -0.1) is 6.58 Å². The smallest absolute Gasteiger partial charge is 0.265 e. The summed E-state index contributed by atoms with van der Waals surface area (Å²) < 4.78 is 28.4. The Labute approximate surface area is 124 Å². The number of nitrogens with one attached hydrogen (secondary N) is 1. The van der Waals surface area contributed by atoms with Crippen molar-refractivity contribution in [3.63, 3.8) is 0 Å². The average Bonchev–Trinajstić information content (AvgIpc) is 2.33. The van der Waals surface area contributed by atoms with Crippen LogP contribution in [-0.4, -0.2) is 27.5 Å². The zero-order valence-corrected chi connectivity index (χ0v) is 12.9. The van der Waals surface area contributed by atoms with Gasteiger partial charge < -0.3 is 10.1 Å². The van der Waals surface area contributed by atoms with Crippen molar-refractivity contribution in [1.82, 2.24) is 5.32 Å². The first-order valence-corrected chi connectivity index (χ1v) is 8.19. The van der Waals surface area contributed by atoms with Gasteiger partial charge in [0.25, 0.3) is 15.0 Å². The van der Waals surface area contributed by atoms with E-state index >= 15 is 0 Å². The van der Waals surface area contributed by atoms with E-state index in [0.717, 1.165) is 0 Å². The van der Waals surface area contributed by atoms with Gasteiger partial charge in [-0.05, 0) is 18.2 Å². The van der Waals surface area contributed by atoms with E-state index in [4.69, 9.17) is 15.4 Å². The molecule has 19 heavy (non-hydrogen) atoms. The molecule has 0 aromatic heterocycles. The molecule has 0 spiro atoms. The maximum Gasteiger partial charge on any atom is 0.265 e. The zero-order chi connectivity index (χ0) is 14.5. The first-order chi connectivity index (χ1) is 8.84. The predicted octanol–water partition coefficient (Wildman–Crippen LogP) is 2.06. The summed E-state index contributed by atoms with van der Waals surface area (Å²) in [6.45, 7) is 3.45. The lowest BCUT2D eigenvalue weighted by atomic mass is 10.3. The summed E-state index contributed by atoms with van der Waals surface area (Å²) in [4.78, 5) is 11.1. The first kappa shape index (κ1) is 16.0. The molecule has 1 aromatic carbocycles. The lowest BCUT2D eigenvalue weighted by Crippen LogP contribution is -2.29. The van der Waals surface area contributed by atoms with Crippen LogP contribution in [0.1, 0.15) is 0 Å². The van der Waals surface area contributed by atoms with Crippen LogP contribution in [0.25, 0.3) is 0 Å². The van der Waals surface area contributed by atoms with Gasteiger partial charge in [0.15, 0.2) is 6.61 Å². The van der Waals surface area contributed by atoms with Crippen molar-refractivity contribution in [1.29, 1.82) is 0 Å². The fourth-order valence-electron chi connectivity index (χ4n) is 1.17. The molecule has 104 valence electrons. The Kier molecular flexibility index (Phi) is 5.84. The van der Waals surface area contributed by atoms with Crippen molar-refractivity contribution in [2.24, 2.45) is 0 Å². The number of ether oxygens (including phenoxy) is 1. The maximum atomic E-state index is 11.4. The predicted molar refractivity (Wildman–Crippen MR) is 75.9 cm³/mol. The summed E-state index contributed by atoms with van der Waals surface area (Å²) in [5, 5.41) is 2.50. The second-order valence-electron chi connectivity index (χ2n) is 3.41. The van der Waals surface area contributed by atoms with Crippen LogP contribution in [0.15, 0.2) is 40.2 Å². The molecule has 0 saturated heterocycles. The summed E-state index contributed by atoms with van der Waals surface area (Å²) in [6.07, 6.45) is 1.52. The highest BCUT2D eigenvalue weighted by Gasteiger charge is 2.18. The Hall–Kier alpha value is -1.05. The van der Waals surface area contributed by atoms with E-state index in [9.17, 15) is 13.2 Å². The van der Waals surface area contributed by atoms with Gasteiger partial charge >= 0.3 is 0 Å². The molecule has 0 bridgehead atoms. The molecule has 0 aliphatic carbocycles. The Morgan fingerprint density at radius 2 is 2.21 bits per heavy atom. The van der Waals surface area contributed by atoms with E-state index in [1.54, 1.807) is 6.07 Å². The summed E-state index contributed by atoms with van der Waals surface area (Å²) in [6, 6.07) is 4.31. The lowest BCUT2D eigenvalue weighted by molar-refractivity contribution is -0.122. The molecule has 1 N–H and O–H groups in total. The van der Waals surface area contributed by atoms with Gasteiger partial charge in [0.1, 0.15) is 10.6 Å². The highest BCUT2D eigenvalue weighted by atomic mass is 79.9. The van der Waals surface area contributed by atoms with E-state index in [-0.39, 0.29) is 23.2 Å². The summed E-state index contributed by atoms with van der Waals surface area (Å²) in [5.41, 5.74) is 0. The minimum atomic E-state index is -3.95. The maximum absolute atomic E-state index is 11.4. The Morgan fingerprint density at radius 1 is 1.53 bits per heavy atom. The van der Waals surface area contributed by atoms with Crippen molar-refractivity contribution >= 4 is 41.6 Å². The van der Waals surface area contributed by atoms with Gasteiger partial charge in [0.05, 0.1) is 0 Å². The fraction of sp³-hybridized carbons (Fsp3) is 0.182. The largest absolute Gasteiger partial charge is 0.482 e. The van der Waals surface area contributed by atoms with E-state index < -0.39 is 9.05 Å². The number of rotatable bonds is 6. The van der Waals surface area contributed by atoms with Crippen LogP contribution >= 0.6 is 26.6 Å². The molecule has 5 nitrogen and oxygen atoms in total. The van der Waals surface area contributed by atoms with E-state index in [1.807, 2.05) is 0 Å². The number of amides is 1. The SMILES string of the molecule is C=CCNC(=O)COc1ccc(Br)cc1S(=O)(=O)Cl. The number of carbonyl (C=O) groups excluding carboxylic acids is 1. The van der Waals surface area contributed by atoms with Crippen molar-refractivity contribution < 1.29 is 17.9 Å². The average molecular weight is 369 g/mol. The van der Waals surface area contributed by atoms with Crippen molar-refractivity contribution in [2.75, 3.05) is 13.2 Å². The second-order valence-corrected chi connectivity index (χ2v) is 6.86. The molecular formula is C11H11BrClNO4S. The number of hydrogen-bond acceptors (Lipinski definition) is 4. The molecule has 0 fully saturated rings. The standard InChI is InChI=1S/C11H11BrClNO4S/c1-2-5-14-11(15)7-18-9-4-3-8(12)6-10(9)19(13,16)17/h2-4,6H,1,5,7H2,(H,14,15). The van der Waals surface area contributed by atoms with Crippen molar-refractivity contribution in [2.45, 2.75) is 4.90 Å². The molecule has 1 aromatic rings. The van der Waals surface area contributed by atoms with Crippen molar-refractivity contribution in [3.05, 3.63) is 35.3 Å². The molecule has 0 heterocycles. The highest BCUT2D eigenvalue weighted by Crippen LogP contribution is 2.29. The van der Waals surface area contributed by atoms with Crippen LogP contribution in [0.3, 0.4) is 0 Å². The van der Waals surface area contributed by atoms with E-state index in [2.05, 4.69) is 27.8 Å². The van der Waals surface area contributed by atoms with Gasteiger partial charge in [-0.25, -0.2) is 8.42 Å². The van der Waals surface area contributed by atoms with Crippen molar-refractivity contribution in [3.8, 4) is 5.75 Å². The summed E-state index contributed by atoms with van der Waals surface area (Å²) >= 11 is 3.13. The summed E-state index contributed by atoms with van der Waals surface area (Å²) in [5.74, 6) is -0.368. The fourth-order valence-corrected chi connectivity index (χ4v) is 2.68. The van der Waals surface area contributed by atoms with Crippen LogP contribution in [0.2, 0.25) is 0 Å². The molecule has 0 aliphatic rings. The third-order valence-electron chi connectivity index (χ3n) is 1.97. The third-order valence-corrected chi connectivity index (χ3v) is 3.81. The molecule has 1 rings (SSSR count). The highest BCUT2D eigenvalue weighted by molar-refractivity contribution is 9.10. The molecule has 8 heteroatoms. The normalized spacial score (nSPS) is 10.8. The number of hydrogen-bond donors (Lipinski definition) is 1. The van der Waals surface area contributed by atoms with Crippen LogP contribution in [-0.2, 0) is 13.8 Å². The molecule has 0 atom stereocenters. The van der Waals surface area contributed by atoms with Gasteiger partial charge in [0, 0.05) is 21.7 Å². The van der Waals surface area contributed by atoms with Crippen LogP contribution < -0.4 is 10.1 Å². The molecular weight excluding hydrogens is 358 g/mol. The minimum Gasteiger partial charge on any atom is -0.482 e. The van der Waals surface area contributed by atoms with E-state index in [1.165, 1.54) is 18.2 Å². The van der Waals surface area contributed by atoms with E-state index in [0.29, 0.717) is 11.0 Å². The zero-order valence-electron chi connectivity index (χ0n) is 9.73. The lowest BCUT2D eigenvalue weighted by Gasteiger charge is -2.09. The number of halogens is 2. The van der Waals surface area contributed by atoms with Crippen LogP contribution in [0, 0.1) is 0 Å². The van der Waals surface area contributed by atoms with Crippen LogP contribution in [0.5, 0.6) is 5.75 Å². The van der Waals surface area contributed by atoms with Gasteiger partial charge in [-0.2, -0.15) is 0 Å². The second kappa shape index (κ2) is 6.93. The molecule has 0 aliphatic heterocycles. The summed E-state index contributed by atoms with van der Waals surface area (Å²) in [7, 11) is 1.34. The third kappa shape index (κ3) is 5.22. The minimum absolute atomic E-state index is 0.0203. The molecule has 1 amide bonds. The monoisotopic (exact) mass is 367 g/mol. The van der Waals surface area contributed by atoms with Gasteiger partial charge in [0.2, 0.25) is 0 Å². The Bertz CT molecular complexity index is 588. The topological polar surface area (TPSA) is 72.5 Å².